The van der Waals surface area contributed by atoms with Crippen LogP contribution in [0.3, 0.4) is 0 Å². The van der Waals surface area contributed by atoms with E-state index in [2.05, 4.69) is 9.56 Å². The van der Waals surface area contributed by atoms with Gasteiger partial charge in [0.15, 0.2) is 5.82 Å². The van der Waals surface area contributed by atoms with Gasteiger partial charge < -0.3 is 9.30 Å². The van der Waals surface area contributed by atoms with E-state index in [0.29, 0.717) is 23.7 Å². The Morgan fingerprint density at radius 3 is 2.53 bits per heavy atom. The highest BCUT2D eigenvalue weighted by Crippen LogP contribution is 2.20. The van der Waals surface area contributed by atoms with Gasteiger partial charge in [-0.05, 0) is 61.0 Å². The van der Waals surface area contributed by atoms with Crippen molar-refractivity contribution < 1.29 is 9.53 Å². The first-order chi connectivity index (χ1) is 14.6. The van der Waals surface area contributed by atoms with Crippen LogP contribution in [0.2, 0.25) is 5.02 Å². The molecule has 4 rings (SSSR count). The minimum atomic E-state index is -0.335. The summed E-state index contributed by atoms with van der Waals surface area (Å²) in [5.41, 5.74) is 4.30. The molecule has 150 valence electrons. The van der Waals surface area contributed by atoms with E-state index in [9.17, 15) is 4.79 Å². The second kappa shape index (κ2) is 8.93. The minimum absolute atomic E-state index is 0.335. The fraction of sp³-hybridized carbons (Fsp3) is 0.125. The zero-order chi connectivity index (χ0) is 20.9. The van der Waals surface area contributed by atoms with Crippen LogP contribution in [-0.4, -0.2) is 28.3 Å². The number of carbonyl (C=O) groups is 1. The molecule has 0 atom stereocenters. The van der Waals surface area contributed by atoms with Gasteiger partial charge in [-0.15, -0.1) is 0 Å². The zero-order valence-electron chi connectivity index (χ0n) is 16.5. The summed E-state index contributed by atoms with van der Waals surface area (Å²) in [7, 11) is 0. The van der Waals surface area contributed by atoms with E-state index in [-0.39, 0.29) is 5.97 Å². The van der Waals surface area contributed by atoms with E-state index in [1.807, 2.05) is 48.5 Å². The number of hydrogen-bond donors (Lipinski definition) is 0. The molecule has 30 heavy (non-hydrogen) atoms. The lowest BCUT2D eigenvalue weighted by Gasteiger charge is -2.07. The van der Waals surface area contributed by atoms with Gasteiger partial charge in [0, 0.05) is 11.6 Å². The smallest absolute Gasteiger partial charge is 0.338 e. The summed E-state index contributed by atoms with van der Waals surface area (Å²) in [6.45, 7) is 2.79. The highest BCUT2D eigenvalue weighted by molar-refractivity contribution is 6.30. The number of para-hydroxylation sites is 2. The topological polar surface area (TPSA) is 56.5 Å². The third kappa shape index (κ3) is 4.42. The predicted molar refractivity (Wildman–Crippen MR) is 120 cm³/mol. The molecule has 0 aliphatic carbocycles. The van der Waals surface area contributed by atoms with Crippen LogP contribution in [0, 0.1) is 0 Å². The number of benzene rings is 3. The van der Waals surface area contributed by atoms with Gasteiger partial charge in [0.25, 0.3) is 0 Å². The van der Waals surface area contributed by atoms with Crippen molar-refractivity contribution in [2.75, 3.05) is 6.61 Å². The molecule has 4 aromatic rings. The third-order valence-electron chi connectivity index (χ3n) is 4.65. The lowest BCUT2D eigenvalue weighted by atomic mass is 10.2. The van der Waals surface area contributed by atoms with Crippen LogP contribution in [0.4, 0.5) is 5.69 Å². The molecule has 0 radical (unpaired) electrons. The van der Waals surface area contributed by atoms with Crippen molar-refractivity contribution in [3.05, 3.63) is 94.8 Å². The van der Waals surface area contributed by atoms with Crippen LogP contribution in [0.1, 0.15) is 28.7 Å². The molecule has 3 aromatic carbocycles. The van der Waals surface area contributed by atoms with E-state index < -0.39 is 0 Å². The molecule has 0 bridgehead atoms. The monoisotopic (exact) mass is 417 g/mol. The molecular formula is C24H20ClN3O2. The van der Waals surface area contributed by atoms with Crippen molar-refractivity contribution in [2.24, 2.45) is 4.99 Å². The first-order valence-electron chi connectivity index (χ1n) is 9.65. The number of hydrogen-bond acceptors (Lipinski definition) is 4. The maximum atomic E-state index is 11.8. The van der Waals surface area contributed by atoms with Gasteiger partial charge in [-0.1, -0.05) is 35.9 Å². The molecule has 0 fully saturated rings. The number of nitrogens with zero attached hydrogens (tertiary/aromatic N) is 3. The molecule has 0 aliphatic rings. The number of imidazole rings is 1. The van der Waals surface area contributed by atoms with Crippen molar-refractivity contribution in [3.8, 4) is 0 Å². The summed E-state index contributed by atoms with van der Waals surface area (Å²) in [5, 5.41) is 0.710. The average Bonchev–Trinajstić information content (AvgIpc) is 3.12. The molecule has 0 unspecified atom stereocenters. The number of esters is 1. The van der Waals surface area contributed by atoms with Crippen LogP contribution in [-0.2, 0) is 11.3 Å². The summed E-state index contributed by atoms with van der Waals surface area (Å²) in [5.74, 6) is 0.415. The molecule has 6 heteroatoms. The maximum absolute atomic E-state index is 11.8. The number of aromatic nitrogens is 2. The first-order valence-corrected chi connectivity index (χ1v) is 10.0. The molecule has 5 nitrogen and oxygen atoms in total. The van der Waals surface area contributed by atoms with Gasteiger partial charge in [-0.2, -0.15) is 0 Å². The normalized spacial score (nSPS) is 11.3. The minimum Gasteiger partial charge on any atom is -0.462 e. The Hall–Kier alpha value is -3.44. The Balaban J connectivity index is 1.63. The molecule has 1 aromatic heterocycles. The molecule has 1 heterocycles. The summed E-state index contributed by atoms with van der Waals surface area (Å²) in [6, 6.07) is 22.8. The van der Waals surface area contributed by atoms with E-state index >= 15 is 0 Å². The summed E-state index contributed by atoms with van der Waals surface area (Å²) in [6.07, 6.45) is 1.75. The van der Waals surface area contributed by atoms with Crippen molar-refractivity contribution in [1.29, 1.82) is 0 Å². The van der Waals surface area contributed by atoms with Crippen LogP contribution >= 0.6 is 11.6 Å². The van der Waals surface area contributed by atoms with Gasteiger partial charge in [0.2, 0.25) is 0 Å². The van der Waals surface area contributed by atoms with Gasteiger partial charge >= 0.3 is 5.97 Å². The van der Waals surface area contributed by atoms with Crippen molar-refractivity contribution >= 4 is 40.5 Å². The Kier molecular flexibility index (Phi) is 5.91. The quantitative estimate of drug-likeness (QED) is 0.300. The molecule has 0 aliphatic heterocycles. The Morgan fingerprint density at radius 1 is 1.07 bits per heavy atom. The van der Waals surface area contributed by atoms with Crippen molar-refractivity contribution in [3.63, 3.8) is 0 Å². The third-order valence-corrected chi connectivity index (χ3v) is 4.90. The van der Waals surface area contributed by atoms with Crippen LogP contribution in [0.25, 0.3) is 11.0 Å². The van der Waals surface area contributed by atoms with Crippen molar-refractivity contribution in [2.45, 2.75) is 13.5 Å². The predicted octanol–water partition coefficient (Wildman–Crippen LogP) is 5.67. The Labute approximate surface area is 179 Å². The average molecular weight is 418 g/mol. The molecule has 0 spiro atoms. The number of ether oxygens (including phenoxy) is 1. The Morgan fingerprint density at radius 2 is 1.80 bits per heavy atom. The van der Waals surface area contributed by atoms with Gasteiger partial charge in [0.1, 0.15) is 0 Å². The lowest BCUT2D eigenvalue weighted by Crippen LogP contribution is -2.05. The zero-order valence-corrected chi connectivity index (χ0v) is 17.2. The summed E-state index contributed by atoms with van der Waals surface area (Å²) < 4.78 is 7.13. The van der Waals surface area contributed by atoms with E-state index in [4.69, 9.17) is 21.3 Å². The van der Waals surface area contributed by atoms with E-state index in [1.165, 1.54) is 0 Å². The number of rotatable bonds is 6. The Bertz CT molecular complexity index is 1200. The molecule has 0 saturated carbocycles. The second-order valence-corrected chi connectivity index (χ2v) is 7.13. The standard InChI is InChI=1S/C24H20ClN3O2/c1-2-30-24(29)18-9-13-20(14-10-18)26-15-23-27-21-5-3-4-6-22(21)28(23)16-17-7-11-19(25)12-8-17/h3-15H,2,16H2,1H3. The van der Waals surface area contributed by atoms with Gasteiger partial charge in [0.05, 0.1) is 35.1 Å². The first kappa shape index (κ1) is 19.9. The van der Waals surface area contributed by atoms with Crippen LogP contribution in [0.5, 0.6) is 0 Å². The number of aliphatic imine (C=N–C) groups is 1. The highest BCUT2D eigenvalue weighted by atomic mass is 35.5. The summed E-state index contributed by atoms with van der Waals surface area (Å²) >= 11 is 6.02. The molecular weight excluding hydrogens is 398 g/mol. The number of halogens is 1. The number of carbonyl (C=O) groups excluding carboxylic acids is 1. The van der Waals surface area contributed by atoms with E-state index in [0.717, 1.165) is 28.1 Å². The highest BCUT2D eigenvalue weighted by Gasteiger charge is 2.10. The maximum Gasteiger partial charge on any atom is 0.338 e. The lowest BCUT2D eigenvalue weighted by molar-refractivity contribution is 0.0526. The fourth-order valence-electron chi connectivity index (χ4n) is 3.16. The van der Waals surface area contributed by atoms with Gasteiger partial charge in [-0.25, -0.2) is 9.78 Å². The van der Waals surface area contributed by atoms with Crippen molar-refractivity contribution in [1.82, 2.24) is 9.55 Å². The SMILES string of the molecule is CCOC(=O)c1ccc(N=Cc2nc3ccccc3n2Cc2ccc(Cl)cc2)cc1. The second-order valence-electron chi connectivity index (χ2n) is 6.70. The van der Waals surface area contributed by atoms with Gasteiger partial charge in [-0.3, -0.25) is 4.99 Å². The molecule has 0 amide bonds. The van der Waals surface area contributed by atoms with E-state index in [1.54, 1.807) is 37.4 Å². The number of fused-ring (bicyclic) bond motifs is 1. The summed E-state index contributed by atoms with van der Waals surface area (Å²) in [4.78, 5) is 21.1. The largest absolute Gasteiger partial charge is 0.462 e. The fourth-order valence-corrected chi connectivity index (χ4v) is 3.29. The molecule has 0 saturated heterocycles. The molecule has 0 N–H and O–H groups in total. The van der Waals surface area contributed by atoms with Crippen LogP contribution in [0.15, 0.2) is 77.8 Å². The van der Waals surface area contributed by atoms with Crippen LogP contribution < -0.4 is 0 Å².